The van der Waals surface area contributed by atoms with Crippen LogP contribution >= 0.6 is 15.9 Å². The summed E-state index contributed by atoms with van der Waals surface area (Å²) in [5, 5.41) is 8.88. The zero-order valence-electron chi connectivity index (χ0n) is 9.87. The number of carbonyl (C=O) groups excluding carboxylic acids is 1. The first-order valence-electron chi connectivity index (χ1n) is 5.44. The van der Waals surface area contributed by atoms with Crippen LogP contribution in [0.4, 0.5) is 0 Å². The largest absolute Gasteiger partial charge is 0.481 e. The Balaban J connectivity index is 3.29. The van der Waals surface area contributed by atoms with Crippen molar-refractivity contribution >= 4 is 27.7 Å². The van der Waals surface area contributed by atoms with E-state index in [1.165, 1.54) is 6.92 Å². The molecular formula is C13H15BrO3. The Morgan fingerprint density at radius 1 is 1.35 bits per heavy atom. The van der Waals surface area contributed by atoms with Gasteiger partial charge in [0.1, 0.15) is 5.78 Å². The summed E-state index contributed by atoms with van der Waals surface area (Å²) in [6.45, 7) is 3.49. The third-order valence-corrected chi connectivity index (χ3v) is 3.72. The van der Waals surface area contributed by atoms with Gasteiger partial charge in [-0.1, -0.05) is 41.1 Å². The number of Topliss-reactive ketones (excluding diaryl/α,β-unsaturated/α-hetero) is 1. The molecule has 0 fully saturated rings. The highest BCUT2D eigenvalue weighted by atomic mass is 79.9. The second-order valence-corrected chi connectivity index (χ2v) is 4.80. The van der Waals surface area contributed by atoms with Crippen molar-refractivity contribution in [1.82, 2.24) is 0 Å². The highest BCUT2D eigenvalue weighted by molar-refractivity contribution is 9.09. The molecule has 1 rings (SSSR count). The molecule has 0 aliphatic rings. The predicted molar refractivity (Wildman–Crippen MR) is 69.5 cm³/mol. The molecule has 0 aliphatic carbocycles. The van der Waals surface area contributed by atoms with E-state index in [2.05, 4.69) is 15.9 Å². The van der Waals surface area contributed by atoms with Crippen molar-refractivity contribution < 1.29 is 14.7 Å². The summed E-state index contributed by atoms with van der Waals surface area (Å²) in [5.74, 6) is -0.903. The summed E-state index contributed by atoms with van der Waals surface area (Å²) in [4.78, 5) is 21.8. The van der Waals surface area contributed by atoms with Crippen LogP contribution in [0.5, 0.6) is 0 Å². The monoisotopic (exact) mass is 298 g/mol. The van der Waals surface area contributed by atoms with E-state index in [-0.39, 0.29) is 12.2 Å². The van der Waals surface area contributed by atoms with Crippen LogP contribution in [0.2, 0.25) is 0 Å². The molecule has 4 heteroatoms. The Morgan fingerprint density at radius 3 is 2.41 bits per heavy atom. The Morgan fingerprint density at radius 2 is 1.94 bits per heavy atom. The van der Waals surface area contributed by atoms with Gasteiger partial charge in [-0.2, -0.15) is 0 Å². The Labute approximate surface area is 109 Å². The minimum Gasteiger partial charge on any atom is -0.481 e. The first kappa shape index (κ1) is 13.9. The molecule has 0 spiro atoms. The lowest BCUT2D eigenvalue weighted by atomic mass is 9.93. The van der Waals surface area contributed by atoms with E-state index < -0.39 is 10.8 Å². The van der Waals surface area contributed by atoms with Crippen molar-refractivity contribution in [3.05, 3.63) is 34.9 Å². The number of benzene rings is 1. The highest BCUT2D eigenvalue weighted by Gasteiger charge is 2.20. The molecule has 1 N–H and O–H groups in total. The van der Waals surface area contributed by atoms with E-state index in [1.54, 1.807) is 6.07 Å². The molecule has 1 atom stereocenters. The SMILES string of the molecule is CCc1cccc(CC(=O)O)c1C(Br)C(C)=O. The van der Waals surface area contributed by atoms with Gasteiger partial charge in [0.25, 0.3) is 0 Å². The van der Waals surface area contributed by atoms with E-state index in [0.29, 0.717) is 5.56 Å². The summed E-state index contributed by atoms with van der Waals surface area (Å²) in [6, 6.07) is 5.53. The number of carboxylic acid groups (broad SMARTS) is 1. The van der Waals surface area contributed by atoms with Crippen LogP contribution in [0, 0.1) is 0 Å². The molecule has 3 nitrogen and oxygen atoms in total. The van der Waals surface area contributed by atoms with Crippen molar-refractivity contribution in [3.63, 3.8) is 0 Å². The number of carbonyl (C=O) groups is 2. The van der Waals surface area contributed by atoms with E-state index >= 15 is 0 Å². The van der Waals surface area contributed by atoms with Gasteiger partial charge < -0.3 is 5.11 Å². The molecule has 0 heterocycles. The van der Waals surface area contributed by atoms with Gasteiger partial charge in [0.15, 0.2) is 0 Å². The Kier molecular flexibility index (Phi) is 4.87. The number of rotatable bonds is 5. The predicted octanol–water partition coefficient (Wildman–Crippen LogP) is 2.90. The molecule has 0 saturated heterocycles. The minimum absolute atomic E-state index is 0.0162. The third-order valence-electron chi connectivity index (χ3n) is 2.62. The summed E-state index contributed by atoms with van der Waals surface area (Å²) in [5.41, 5.74) is 2.53. The van der Waals surface area contributed by atoms with Gasteiger partial charge >= 0.3 is 5.97 Å². The van der Waals surface area contributed by atoms with Gasteiger partial charge in [-0.05, 0) is 30.0 Å². The van der Waals surface area contributed by atoms with Crippen molar-refractivity contribution in [2.75, 3.05) is 0 Å². The molecule has 0 bridgehead atoms. The number of hydrogen-bond donors (Lipinski definition) is 1. The van der Waals surface area contributed by atoms with Crippen LogP contribution in [0.3, 0.4) is 0 Å². The summed E-state index contributed by atoms with van der Waals surface area (Å²) in [7, 11) is 0. The second kappa shape index (κ2) is 5.96. The maximum atomic E-state index is 11.5. The number of carboxylic acids is 1. The fourth-order valence-corrected chi connectivity index (χ4v) is 2.41. The van der Waals surface area contributed by atoms with Gasteiger partial charge in [-0.15, -0.1) is 0 Å². The number of halogens is 1. The molecule has 1 unspecified atom stereocenters. The standard InChI is InChI=1S/C13H15BrO3/c1-3-9-5-4-6-10(7-11(16)17)12(9)13(14)8(2)15/h4-6,13H,3,7H2,1-2H3,(H,16,17). The Bertz CT molecular complexity index is 440. The molecule has 1 aromatic rings. The molecular weight excluding hydrogens is 284 g/mol. The van der Waals surface area contributed by atoms with E-state index in [9.17, 15) is 9.59 Å². The molecule has 0 saturated carbocycles. The molecule has 0 aromatic heterocycles. The highest BCUT2D eigenvalue weighted by Crippen LogP contribution is 2.31. The van der Waals surface area contributed by atoms with Crippen LogP contribution < -0.4 is 0 Å². The topological polar surface area (TPSA) is 54.4 Å². The normalized spacial score (nSPS) is 12.2. The zero-order valence-corrected chi connectivity index (χ0v) is 11.5. The fourth-order valence-electron chi connectivity index (χ4n) is 1.82. The zero-order chi connectivity index (χ0) is 13.0. The van der Waals surface area contributed by atoms with Gasteiger partial charge in [-0.3, -0.25) is 9.59 Å². The molecule has 0 radical (unpaired) electrons. The van der Waals surface area contributed by atoms with Crippen molar-refractivity contribution in [1.29, 1.82) is 0 Å². The van der Waals surface area contributed by atoms with Crippen LogP contribution in [-0.2, 0) is 22.4 Å². The average Bonchev–Trinajstić information content (AvgIpc) is 2.26. The van der Waals surface area contributed by atoms with Crippen LogP contribution in [0.1, 0.15) is 35.4 Å². The number of alkyl halides is 1. The molecule has 0 aliphatic heterocycles. The summed E-state index contributed by atoms with van der Waals surface area (Å²) in [6.07, 6.45) is 0.719. The van der Waals surface area contributed by atoms with E-state index in [4.69, 9.17) is 5.11 Å². The van der Waals surface area contributed by atoms with Gasteiger partial charge in [-0.25, -0.2) is 0 Å². The quantitative estimate of drug-likeness (QED) is 0.851. The van der Waals surface area contributed by atoms with Crippen LogP contribution in [0.25, 0.3) is 0 Å². The van der Waals surface area contributed by atoms with Crippen LogP contribution in [-0.4, -0.2) is 16.9 Å². The third kappa shape index (κ3) is 3.40. The molecule has 1 aromatic carbocycles. The van der Waals surface area contributed by atoms with Crippen LogP contribution in [0.15, 0.2) is 18.2 Å². The maximum absolute atomic E-state index is 11.5. The first-order chi connectivity index (χ1) is 7.97. The van der Waals surface area contributed by atoms with Gasteiger partial charge in [0.05, 0.1) is 11.2 Å². The van der Waals surface area contributed by atoms with E-state index in [0.717, 1.165) is 17.5 Å². The molecule has 0 amide bonds. The van der Waals surface area contributed by atoms with E-state index in [1.807, 2.05) is 19.1 Å². The van der Waals surface area contributed by atoms with Gasteiger partial charge in [0.2, 0.25) is 0 Å². The van der Waals surface area contributed by atoms with Crippen molar-refractivity contribution in [2.45, 2.75) is 31.5 Å². The molecule has 17 heavy (non-hydrogen) atoms. The summed E-state index contributed by atoms with van der Waals surface area (Å²) >= 11 is 3.34. The lowest BCUT2D eigenvalue weighted by Gasteiger charge is -2.16. The second-order valence-electron chi connectivity index (χ2n) is 3.89. The molecule has 92 valence electrons. The average molecular weight is 299 g/mol. The first-order valence-corrected chi connectivity index (χ1v) is 6.35. The van der Waals surface area contributed by atoms with Gasteiger partial charge in [0, 0.05) is 0 Å². The Hall–Kier alpha value is -1.16. The summed E-state index contributed by atoms with van der Waals surface area (Å²) < 4.78 is 0. The fraction of sp³-hybridized carbons (Fsp3) is 0.385. The maximum Gasteiger partial charge on any atom is 0.307 e. The minimum atomic E-state index is -0.886. The number of aliphatic carboxylic acids is 1. The lowest BCUT2D eigenvalue weighted by Crippen LogP contribution is -2.11. The number of ketones is 1. The smallest absolute Gasteiger partial charge is 0.307 e. The number of aryl methyl sites for hydroxylation is 1. The number of hydrogen-bond acceptors (Lipinski definition) is 2. The lowest BCUT2D eigenvalue weighted by molar-refractivity contribution is -0.136. The van der Waals surface area contributed by atoms with Crippen molar-refractivity contribution in [2.24, 2.45) is 0 Å². The van der Waals surface area contributed by atoms with Crippen molar-refractivity contribution in [3.8, 4) is 0 Å².